The van der Waals surface area contributed by atoms with Crippen LogP contribution in [-0.4, -0.2) is 8.42 Å². The van der Waals surface area contributed by atoms with E-state index in [0.717, 1.165) is 11.1 Å². The van der Waals surface area contributed by atoms with Crippen LogP contribution in [0.3, 0.4) is 0 Å². The van der Waals surface area contributed by atoms with Gasteiger partial charge in [0.25, 0.3) is 0 Å². The van der Waals surface area contributed by atoms with Crippen LogP contribution in [0.25, 0.3) is 0 Å². The Morgan fingerprint density at radius 2 is 2.11 bits per heavy atom. The number of sulfonamides is 1. The zero-order valence-corrected chi connectivity index (χ0v) is 10.7. The summed E-state index contributed by atoms with van der Waals surface area (Å²) in [5, 5.41) is 0. The number of furan rings is 1. The van der Waals surface area contributed by atoms with Gasteiger partial charge in [0.1, 0.15) is 0 Å². The lowest BCUT2D eigenvalue weighted by molar-refractivity contribution is 0.561. The minimum absolute atomic E-state index is 0.170. The van der Waals surface area contributed by atoms with Gasteiger partial charge in [0.15, 0.2) is 0 Å². The van der Waals surface area contributed by atoms with Gasteiger partial charge in [-0.25, -0.2) is 13.1 Å². The molecule has 0 saturated carbocycles. The van der Waals surface area contributed by atoms with Crippen LogP contribution in [0.5, 0.6) is 0 Å². The first-order valence-corrected chi connectivity index (χ1v) is 6.83. The highest BCUT2D eigenvalue weighted by molar-refractivity contribution is 7.89. The van der Waals surface area contributed by atoms with Crippen LogP contribution in [0.15, 0.2) is 46.1 Å². The summed E-state index contributed by atoms with van der Waals surface area (Å²) < 4.78 is 31.4. The molecule has 5 nitrogen and oxygen atoms in total. The summed E-state index contributed by atoms with van der Waals surface area (Å²) in [5.74, 6) is 0. The van der Waals surface area contributed by atoms with E-state index in [1.54, 1.807) is 25.1 Å². The van der Waals surface area contributed by atoms with Crippen LogP contribution in [0.1, 0.15) is 11.1 Å². The van der Waals surface area contributed by atoms with Crippen LogP contribution >= 0.6 is 0 Å². The average Bonchev–Trinajstić information content (AvgIpc) is 2.78. The molecule has 1 heterocycles. The lowest BCUT2D eigenvalue weighted by Crippen LogP contribution is -2.23. The second kappa shape index (κ2) is 4.83. The molecular formula is C12H14N2O3S. The van der Waals surface area contributed by atoms with E-state index in [4.69, 9.17) is 10.2 Å². The SMILES string of the molecule is Cc1cc(N)cc(S(=O)(=O)NCc2ccoc2)c1. The molecule has 0 aliphatic rings. The molecule has 2 aromatic rings. The maximum atomic E-state index is 12.0. The number of benzene rings is 1. The molecule has 2 rings (SSSR count). The number of rotatable bonds is 4. The summed E-state index contributed by atoms with van der Waals surface area (Å²) >= 11 is 0. The fourth-order valence-corrected chi connectivity index (χ4v) is 2.74. The first-order chi connectivity index (χ1) is 8.47. The van der Waals surface area contributed by atoms with Crippen molar-refractivity contribution in [3.05, 3.63) is 47.9 Å². The van der Waals surface area contributed by atoms with E-state index < -0.39 is 10.0 Å². The quantitative estimate of drug-likeness (QED) is 0.824. The average molecular weight is 266 g/mol. The van der Waals surface area contributed by atoms with Gasteiger partial charge >= 0.3 is 0 Å². The molecule has 0 saturated heterocycles. The van der Waals surface area contributed by atoms with Gasteiger partial charge < -0.3 is 10.2 Å². The van der Waals surface area contributed by atoms with Crippen molar-refractivity contribution in [1.82, 2.24) is 4.72 Å². The summed E-state index contributed by atoms with van der Waals surface area (Å²) in [4.78, 5) is 0.170. The number of hydrogen-bond donors (Lipinski definition) is 2. The highest BCUT2D eigenvalue weighted by Crippen LogP contribution is 2.16. The molecule has 96 valence electrons. The number of hydrogen-bond acceptors (Lipinski definition) is 4. The summed E-state index contributed by atoms with van der Waals surface area (Å²) in [6.07, 6.45) is 2.99. The Hall–Kier alpha value is -1.79. The zero-order valence-electron chi connectivity index (χ0n) is 9.88. The second-order valence-electron chi connectivity index (χ2n) is 4.04. The second-order valence-corrected chi connectivity index (χ2v) is 5.80. The predicted octanol–water partition coefficient (Wildman–Crippen LogP) is 1.65. The van der Waals surface area contributed by atoms with E-state index in [0.29, 0.717) is 5.69 Å². The topological polar surface area (TPSA) is 85.3 Å². The molecule has 0 amide bonds. The van der Waals surface area contributed by atoms with Crippen molar-refractivity contribution >= 4 is 15.7 Å². The minimum Gasteiger partial charge on any atom is -0.472 e. The van der Waals surface area contributed by atoms with Crippen molar-refractivity contribution in [3.8, 4) is 0 Å². The molecular weight excluding hydrogens is 252 g/mol. The molecule has 0 fully saturated rings. The van der Waals surface area contributed by atoms with E-state index in [2.05, 4.69) is 4.72 Å². The highest BCUT2D eigenvalue weighted by atomic mass is 32.2. The maximum absolute atomic E-state index is 12.0. The third-order valence-corrected chi connectivity index (χ3v) is 3.81. The molecule has 0 bridgehead atoms. The number of nitrogens with two attached hydrogens (primary N) is 1. The summed E-state index contributed by atoms with van der Waals surface area (Å²) in [7, 11) is -3.55. The zero-order chi connectivity index (χ0) is 13.2. The molecule has 0 unspecified atom stereocenters. The van der Waals surface area contributed by atoms with Crippen molar-refractivity contribution < 1.29 is 12.8 Å². The lowest BCUT2D eigenvalue weighted by Gasteiger charge is -2.07. The van der Waals surface area contributed by atoms with Gasteiger partial charge in [-0.2, -0.15) is 0 Å². The fourth-order valence-electron chi connectivity index (χ4n) is 1.59. The van der Waals surface area contributed by atoms with Crippen LogP contribution in [0.4, 0.5) is 5.69 Å². The third-order valence-electron chi connectivity index (χ3n) is 2.43. The molecule has 0 atom stereocenters. The standard InChI is InChI=1S/C12H14N2O3S/c1-9-4-11(13)6-12(5-9)18(15,16)14-7-10-2-3-17-8-10/h2-6,8,14H,7,13H2,1H3. The number of anilines is 1. The minimum atomic E-state index is -3.55. The molecule has 0 aliphatic heterocycles. The van der Waals surface area contributed by atoms with Crippen molar-refractivity contribution in [2.24, 2.45) is 0 Å². The first kappa shape index (κ1) is 12.7. The Bertz CT molecular complexity index is 613. The van der Waals surface area contributed by atoms with Gasteiger partial charge in [-0.05, 0) is 36.8 Å². The Labute approximate surface area is 106 Å². The fraction of sp³-hybridized carbons (Fsp3) is 0.167. The van der Waals surface area contributed by atoms with E-state index in [1.807, 2.05) is 0 Å². The van der Waals surface area contributed by atoms with Crippen molar-refractivity contribution in [2.45, 2.75) is 18.4 Å². The van der Waals surface area contributed by atoms with Gasteiger partial charge in [0.05, 0.1) is 17.4 Å². The lowest BCUT2D eigenvalue weighted by atomic mass is 10.2. The number of nitrogens with one attached hydrogen (secondary N) is 1. The first-order valence-electron chi connectivity index (χ1n) is 5.35. The highest BCUT2D eigenvalue weighted by Gasteiger charge is 2.14. The molecule has 3 N–H and O–H groups in total. The van der Waals surface area contributed by atoms with Crippen LogP contribution in [0, 0.1) is 6.92 Å². The largest absolute Gasteiger partial charge is 0.472 e. The Balaban J connectivity index is 2.20. The smallest absolute Gasteiger partial charge is 0.240 e. The Morgan fingerprint density at radius 1 is 1.33 bits per heavy atom. The molecule has 1 aromatic heterocycles. The van der Waals surface area contributed by atoms with E-state index >= 15 is 0 Å². The Kier molecular flexibility index (Phi) is 3.40. The van der Waals surface area contributed by atoms with E-state index in [-0.39, 0.29) is 11.4 Å². The monoisotopic (exact) mass is 266 g/mol. The van der Waals surface area contributed by atoms with Gasteiger partial charge in [0.2, 0.25) is 10.0 Å². The summed E-state index contributed by atoms with van der Waals surface area (Å²) in [6.45, 7) is 1.98. The van der Waals surface area contributed by atoms with Gasteiger partial charge in [0, 0.05) is 17.8 Å². The number of aryl methyl sites for hydroxylation is 1. The van der Waals surface area contributed by atoms with Crippen molar-refractivity contribution in [2.75, 3.05) is 5.73 Å². The molecule has 1 aromatic carbocycles. The summed E-state index contributed by atoms with van der Waals surface area (Å²) in [6, 6.07) is 6.43. The van der Waals surface area contributed by atoms with Crippen LogP contribution < -0.4 is 10.5 Å². The molecule has 0 radical (unpaired) electrons. The van der Waals surface area contributed by atoms with E-state index in [9.17, 15) is 8.42 Å². The maximum Gasteiger partial charge on any atom is 0.240 e. The normalized spacial score (nSPS) is 11.6. The van der Waals surface area contributed by atoms with Gasteiger partial charge in [-0.1, -0.05) is 0 Å². The third kappa shape index (κ3) is 2.91. The number of nitrogen functional groups attached to an aromatic ring is 1. The predicted molar refractivity (Wildman–Crippen MR) is 68.3 cm³/mol. The molecule has 6 heteroatoms. The van der Waals surface area contributed by atoms with Crippen LogP contribution in [0.2, 0.25) is 0 Å². The Morgan fingerprint density at radius 3 is 2.72 bits per heavy atom. The molecule has 0 spiro atoms. The van der Waals surface area contributed by atoms with E-state index in [1.165, 1.54) is 18.6 Å². The van der Waals surface area contributed by atoms with Crippen molar-refractivity contribution in [3.63, 3.8) is 0 Å². The van der Waals surface area contributed by atoms with Crippen molar-refractivity contribution in [1.29, 1.82) is 0 Å². The van der Waals surface area contributed by atoms with Gasteiger partial charge in [-0.15, -0.1) is 0 Å². The van der Waals surface area contributed by atoms with Gasteiger partial charge in [-0.3, -0.25) is 0 Å². The molecule has 0 aliphatic carbocycles. The van der Waals surface area contributed by atoms with Crippen LogP contribution in [-0.2, 0) is 16.6 Å². The summed E-state index contributed by atoms with van der Waals surface area (Å²) in [5.41, 5.74) is 7.64. The molecule has 18 heavy (non-hydrogen) atoms.